The third-order valence-corrected chi connectivity index (χ3v) is 5.79. The number of methoxy groups -OCH3 is 1. The average molecular weight is 447 g/mol. The van der Waals surface area contributed by atoms with Crippen LogP contribution in [0.1, 0.15) is 5.56 Å². The SMILES string of the molecule is COc1cc(-c2nnn(Cc3ccncc3)n2)ccc1S(=O)(=O)N(CC(N)=O)C(=O)O. The standard InChI is InChI=1S/C17H17N7O6S/c1-30-13-8-12(16-20-22-24(21-16)9-11-4-6-19-7-5-11)2-3-14(13)31(28,29)23(17(26)27)10-15(18)25/h2-8H,9-10H2,1H3,(H2,18,25)(H,26,27). The molecule has 3 N–H and O–H groups in total. The van der Waals surface area contributed by atoms with E-state index in [1.165, 1.54) is 24.0 Å². The zero-order valence-corrected chi connectivity index (χ0v) is 16.9. The van der Waals surface area contributed by atoms with E-state index in [4.69, 9.17) is 10.5 Å². The molecule has 0 radical (unpaired) electrons. The summed E-state index contributed by atoms with van der Waals surface area (Å²) >= 11 is 0. The fourth-order valence-electron chi connectivity index (χ4n) is 2.61. The van der Waals surface area contributed by atoms with Gasteiger partial charge < -0.3 is 15.6 Å². The largest absolute Gasteiger partial charge is 0.495 e. The van der Waals surface area contributed by atoms with Crippen molar-refractivity contribution in [3.05, 3.63) is 48.3 Å². The van der Waals surface area contributed by atoms with E-state index in [1.54, 1.807) is 24.5 Å². The molecular weight excluding hydrogens is 430 g/mol. The van der Waals surface area contributed by atoms with Crippen molar-refractivity contribution >= 4 is 22.0 Å². The molecule has 2 amide bonds. The van der Waals surface area contributed by atoms with E-state index in [9.17, 15) is 23.1 Å². The lowest BCUT2D eigenvalue weighted by atomic mass is 10.2. The van der Waals surface area contributed by atoms with Crippen molar-refractivity contribution in [3.8, 4) is 17.1 Å². The quantitative estimate of drug-likeness (QED) is 0.474. The molecule has 0 saturated carbocycles. The molecular formula is C17H17N7O6S. The van der Waals surface area contributed by atoms with Gasteiger partial charge in [-0.15, -0.1) is 10.2 Å². The summed E-state index contributed by atoms with van der Waals surface area (Å²) in [4.78, 5) is 27.3. The van der Waals surface area contributed by atoms with E-state index in [0.29, 0.717) is 12.1 Å². The minimum absolute atomic E-state index is 0.0594. The molecule has 2 heterocycles. The first-order valence-corrected chi connectivity index (χ1v) is 10.1. The third-order valence-electron chi connectivity index (χ3n) is 4.03. The van der Waals surface area contributed by atoms with Gasteiger partial charge in [0.1, 0.15) is 17.2 Å². The Bertz CT molecular complexity index is 1210. The maximum atomic E-state index is 12.7. The summed E-state index contributed by atoms with van der Waals surface area (Å²) in [6, 6.07) is 7.42. The number of nitrogens with zero attached hydrogens (tertiary/aromatic N) is 6. The molecule has 1 aromatic carbocycles. The molecule has 0 bridgehead atoms. The number of hydrogen-bond donors (Lipinski definition) is 2. The summed E-state index contributed by atoms with van der Waals surface area (Å²) in [5.74, 6) is -1.10. The van der Waals surface area contributed by atoms with Crippen LogP contribution >= 0.6 is 0 Å². The molecule has 13 nitrogen and oxygen atoms in total. The Hall–Kier alpha value is -4.07. The van der Waals surface area contributed by atoms with Crippen LogP contribution in [-0.2, 0) is 21.4 Å². The molecule has 162 valence electrons. The van der Waals surface area contributed by atoms with E-state index >= 15 is 0 Å². The van der Waals surface area contributed by atoms with Crippen molar-refractivity contribution in [2.75, 3.05) is 13.7 Å². The predicted octanol–water partition coefficient (Wildman–Crippen LogP) is -0.0540. The van der Waals surface area contributed by atoms with Gasteiger partial charge in [0.2, 0.25) is 11.7 Å². The minimum Gasteiger partial charge on any atom is -0.495 e. The smallest absolute Gasteiger partial charge is 0.421 e. The summed E-state index contributed by atoms with van der Waals surface area (Å²) in [6.07, 6.45) is 1.41. The number of rotatable bonds is 8. The summed E-state index contributed by atoms with van der Waals surface area (Å²) in [6.45, 7) is -0.687. The van der Waals surface area contributed by atoms with E-state index in [2.05, 4.69) is 20.4 Å². The van der Waals surface area contributed by atoms with E-state index in [1.807, 2.05) is 0 Å². The van der Waals surface area contributed by atoms with Crippen LogP contribution in [0.15, 0.2) is 47.6 Å². The fourth-order valence-corrected chi connectivity index (χ4v) is 3.99. The number of primary amides is 1. The molecule has 0 unspecified atom stereocenters. The second-order valence-corrected chi connectivity index (χ2v) is 7.96. The molecule has 14 heteroatoms. The fraction of sp³-hybridized carbons (Fsp3) is 0.176. The average Bonchev–Trinajstić information content (AvgIpc) is 3.20. The van der Waals surface area contributed by atoms with Gasteiger partial charge in [0, 0.05) is 18.0 Å². The highest BCUT2D eigenvalue weighted by molar-refractivity contribution is 7.89. The number of sulfonamides is 1. The van der Waals surface area contributed by atoms with Gasteiger partial charge in [-0.1, -0.05) is 0 Å². The first-order chi connectivity index (χ1) is 14.7. The number of amides is 2. The van der Waals surface area contributed by atoms with Crippen molar-refractivity contribution in [1.82, 2.24) is 29.5 Å². The van der Waals surface area contributed by atoms with Gasteiger partial charge >= 0.3 is 6.09 Å². The first kappa shape index (κ1) is 21.6. The minimum atomic E-state index is -4.63. The number of carbonyl (C=O) groups is 2. The number of benzene rings is 1. The highest BCUT2D eigenvalue weighted by atomic mass is 32.2. The lowest BCUT2D eigenvalue weighted by Gasteiger charge is -2.19. The molecule has 0 aliphatic rings. The molecule has 2 aromatic heterocycles. The lowest BCUT2D eigenvalue weighted by molar-refractivity contribution is -0.118. The summed E-state index contributed by atoms with van der Waals surface area (Å²) < 4.78 is 30.6. The Balaban J connectivity index is 1.93. The Morgan fingerprint density at radius 2 is 1.94 bits per heavy atom. The van der Waals surface area contributed by atoms with E-state index in [0.717, 1.165) is 11.6 Å². The molecule has 0 saturated heterocycles. The van der Waals surface area contributed by atoms with Gasteiger partial charge in [-0.05, 0) is 41.1 Å². The Morgan fingerprint density at radius 3 is 2.55 bits per heavy atom. The number of carboxylic acid groups (broad SMARTS) is 1. The molecule has 0 aliphatic carbocycles. The maximum Gasteiger partial charge on any atom is 0.421 e. The van der Waals surface area contributed by atoms with Crippen LogP contribution in [0.3, 0.4) is 0 Å². The number of nitrogens with two attached hydrogens (primary N) is 1. The molecule has 0 spiro atoms. The van der Waals surface area contributed by atoms with E-state index < -0.39 is 33.5 Å². The number of aromatic nitrogens is 5. The van der Waals surface area contributed by atoms with Crippen molar-refractivity contribution in [2.45, 2.75) is 11.4 Å². The van der Waals surface area contributed by atoms with Crippen molar-refractivity contribution in [3.63, 3.8) is 0 Å². The van der Waals surface area contributed by atoms with Crippen LogP contribution in [-0.4, -0.2) is 68.7 Å². The molecule has 0 aliphatic heterocycles. The lowest BCUT2D eigenvalue weighted by Crippen LogP contribution is -2.41. The number of hydrogen-bond acceptors (Lipinski definition) is 9. The van der Waals surface area contributed by atoms with Crippen molar-refractivity contribution in [2.24, 2.45) is 5.73 Å². The number of ether oxygens (including phenoxy) is 1. The van der Waals surface area contributed by atoms with Crippen molar-refractivity contribution < 1.29 is 27.9 Å². The van der Waals surface area contributed by atoms with Crippen LogP contribution in [0.5, 0.6) is 5.75 Å². The van der Waals surface area contributed by atoms with Gasteiger partial charge in [-0.25, -0.2) is 13.2 Å². The molecule has 0 atom stereocenters. The van der Waals surface area contributed by atoms with Gasteiger partial charge in [0.25, 0.3) is 10.0 Å². The zero-order chi connectivity index (χ0) is 22.6. The Morgan fingerprint density at radius 1 is 1.23 bits per heavy atom. The summed E-state index contributed by atoms with van der Waals surface area (Å²) in [7, 11) is -3.42. The maximum absolute atomic E-state index is 12.7. The first-order valence-electron chi connectivity index (χ1n) is 8.61. The molecule has 3 aromatic rings. The highest BCUT2D eigenvalue weighted by Crippen LogP contribution is 2.30. The number of tetrazole rings is 1. The van der Waals surface area contributed by atoms with Crippen LogP contribution in [0.25, 0.3) is 11.4 Å². The molecule has 31 heavy (non-hydrogen) atoms. The monoisotopic (exact) mass is 447 g/mol. The topological polar surface area (TPSA) is 183 Å². The Kier molecular flexibility index (Phi) is 6.10. The predicted molar refractivity (Wildman–Crippen MR) is 104 cm³/mol. The van der Waals surface area contributed by atoms with Gasteiger partial charge in [-0.3, -0.25) is 9.78 Å². The summed E-state index contributed by atoms with van der Waals surface area (Å²) in [5.41, 5.74) is 6.25. The van der Waals surface area contributed by atoms with Gasteiger partial charge in [0.15, 0.2) is 0 Å². The second-order valence-electron chi connectivity index (χ2n) is 6.13. The van der Waals surface area contributed by atoms with Crippen LogP contribution in [0, 0.1) is 0 Å². The van der Waals surface area contributed by atoms with Gasteiger partial charge in [-0.2, -0.15) is 9.10 Å². The molecule has 3 rings (SSSR count). The number of carbonyl (C=O) groups excluding carboxylic acids is 1. The zero-order valence-electron chi connectivity index (χ0n) is 16.1. The van der Waals surface area contributed by atoms with Gasteiger partial charge in [0.05, 0.1) is 13.7 Å². The van der Waals surface area contributed by atoms with E-state index in [-0.39, 0.29) is 15.9 Å². The summed E-state index contributed by atoms with van der Waals surface area (Å²) in [5, 5.41) is 21.4. The highest BCUT2D eigenvalue weighted by Gasteiger charge is 2.33. The normalized spacial score (nSPS) is 11.1. The number of pyridine rings is 1. The van der Waals surface area contributed by atoms with Crippen LogP contribution < -0.4 is 10.5 Å². The Labute approximate surface area is 176 Å². The van der Waals surface area contributed by atoms with Crippen LogP contribution in [0.2, 0.25) is 0 Å². The van der Waals surface area contributed by atoms with Crippen LogP contribution in [0.4, 0.5) is 4.79 Å². The molecule has 0 fully saturated rings. The third kappa shape index (κ3) is 4.75. The second kappa shape index (κ2) is 8.74. The van der Waals surface area contributed by atoms with Crippen molar-refractivity contribution in [1.29, 1.82) is 0 Å².